The first-order chi connectivity index (χ1) is 10.8. The Morgan fingerprint density at radius 2 is 1.91 bits per heavy atom. The van der Waals surface area contributed by atoms with Crippen molar-refractivity contribution in [2.24, 2.45) is 0 Å². The highest BCUT2D eigenvalue weighted by molar-refractivity contribution is 7.98. The Kier molecular flexibility index (Phi) is 3.35. The summed E-state index contributed by atoms with van der Waals surface area (Å²) >= 11 is 1.72. The molecule has 1 aromatic heterocycles. The molecule has 1 aliphatic heterocycles. The largest absolute Gasteiger partial charge is 0.454 e. The Labute approximate surface area is 132 Å². The summed E-state index contributed by atoms with van der Waals surface area (Å²) in [4.78, 5) is 9.06. The first-order valence-electron chi connectivity index (χ1n) is 7.04. The zero-order valence-electron chi connectivity index (χ0n) is 12.1. The molecular formula is C17H14N2O2S. The van der Waals surface area contributed by atoms with Crippen LogP contribution in [-0.4, -0.2) is 16.8 Å². The van der Waals surface area contributed by atoms with Gasteiger partial charge in [-0.2, -0.15) is 0 Å². The third kappa shape index (κ3) is 2.48. The van der Waals surface area contributed by atoms with E-state index < -0.39 is 0 Å². The van der Waals surface area contributed by atoms with Crippen LogP contribution in [0.25, 0.3) is 10.9 Å². The van der Waals surface area contributed by atoms with Gasteiger partial charge < -0.3 is 9.47 Å². The maximum Gasteiger partial charge on any atom is 0.231 e. The molecule has 5 heteroatoms. The van der Waals surface area contributed by atoms with Crippen LogP contribution in [-0.2, 0) is 5.75 Å². The molecule has 1 aliphatic rings. The number of fused-ring (bicyclic) bond motifs is 2. The average Bonchev–Trinajstić information content (AvgIpc) is 3.00. The molecule has 0 N–H and O–H groups in total. The molecule has 0 bridgehead atoms. The summed E-state index contributed by atoms with van der Waals surface area (Å²) in [6.07, 6.45) is 0. The van der Waals surface area contributed by atoms with Gasteiger partial charge in [-0.15, -0.1) is 11.8 Å². The zero-order valence-corrected chi connectivity index (χ0v) is 12.9. The minimum Gasteiger partial charge on any atom is -0.454 e. The van der Waals surface area contributed by atoms with E-state index in [2.05, 4.69) is 22.1 Å². The Morgan fingerprint density at radius 1 is 1.05 bits per heavy atom. The number of para-hydroxylation sites is 1. The number of rotatable bonds is 3. The van der Waals surface area contributed by atoms with Gasteiger partial charge in [-0.25, -0.2) is 9.97 Å². The lowest BCUT2D eigenvalue weighted by atomic mass is 10.2. The lowest BCUT2D eigenvalue weighted by Gasteiger charge is -2.07. The van der Waals surface area contributed by atoms with Crippen molar-refractivity contribution < 1.29 is 9.47 Å². The molecule has 4 rings (SSSR count). The number of hydrogen-bond acceptors (Lipinski definition) is 5. The number of thioether (sulfide) groups is 1. The van der Waals surface area contributed by atoms with Gasteiger partial charge >= 0.3 is 0 Å². The fourth-order valence-electron chi connectivity index (χ4n) is 2.45. The smallest absolute Gasteiger partial charge is 0.231 e. The van der Waals surface area contributed by atoms with Crippen LogP contribution >= 0.6 is 11.8 Å². The number of aryl methyl sites for hydroxylation is 1. The molecule has 2 heterocycles. The highest BCUT2D eigenvalue weighted by atomic mass is 32.2. The van der Waals surface area contributed by atoms with Gasteiger partial charge in [0.15, 0.2) is 11.5 Å². The average molecular weight is 310 g/mol. The number of hydrogen-bond donors (Lipinski definition) is 0. The highest BCUT2D eigenvalue weighted by Crippen LogP contribution is 2.35. The molecule has 0 saturated carbocycles. The maximum absolute atomic E-state index is 5.42. The summed E-state index contributed by atoms with van der Waals surface area (Å²) in [6, 6.07) is 14.2. The van der Waals surface area contributed by atoms with Gasteiger partial charge in [0.05, 0.1) is 5.52 Å². The molecule has 110 valence electrons. The van der Waals surface area contributed by atoms with E-state index in [0.717, 1.165) is 39.0 Å². The summed E-state index contributed by atoms with van der Waals surface area (Å²) in [5, 5.41) is 2.11. The zero-order chi connectivity index (χ0) is 14.9. The number of nitrogens with zero attached hydrogens (tertiary/aromatic N) is 2. The molecule has 22 heavy (non-hydrogen) atoms. The van der Waals surface area contributed by atoms with Crippen LogP contribution in [0.5, 0.6) is 11.5 Å². The van der Waals surface area contributed by atoms with Crippen LogP contribution in [0.3, 0.4) is 0 Å². The van der Waals surface area contributed by atoms with Crippen LogP contribution in [0.15, 0.2) is 47.5 Å². The van der Waals surface area contributed by atoms with Gasteiger partial charge in [0.2, 0.25) is 6.79 Å². The summed E-state index contributed by atoms with van der Waals surface area (Å²) < 4.78 is 10.8. The molecule has 3 aromatic rings. The predicted octanol–water partition coefficient (Wildman–Crippen LogP) is 3.96. The van der Waals surface area contributed by atoms with Crippen LogP contribution in [0.1, 0.15) is 11.4 Å². The molecule has 0 aliphatic carbocycles. The summed E-state index contributed by atoms with van der Waals surface area (Å²) in [5.74, 6) is 3.27. The van der Waals surface area contributed by atoms with E-state index in [9.17, 15) is 0 Å². The normalized spacial score (nSPS) is 12.8. The third-order valence-electron chi connectivity index (χ3n) is 3.49. The lowest BCUT2D eigenvalue weighted by Crippen LogP contribution is -1.93. The van der Waals surface area contributed by atoms with Crippen LogP contribution in [0, 0.1) is 6.92 Å². The molecule has 0 radical (unpaired) electrons. The van der Waals surface area contributed by atoms with Gasteiger partial charge in [-0.05, 0) is 30.7 Å². The first kappa shape index (κ1) is 13.4. The summed E-state index contributed by atoms with van der Waals surface area (Å²) in [7, 11) is 0. The summed E-state index contributed by atoms with van der Waals surface area (Å²) in [5.41, 5.74) is 2.18. The molecule has 4 nitrogen and oxygen atoms in total. The van der Waals surface area contributed by atoms with Crippen LogP contribution < -0.4 is 9.47 Å². The fraction of sp³-hybridized carbons (Fsp3) is 0.176. The SMILES string of the molecule is Cc1nc(SCc2ccc3c(c2)OCO3)c2ccccc2n1. The number of benzene rings is 2. The van der Waals surface area contributed by atoms with Crippen molar-refractivity contribution in [2.45, 2.75) is 17.7 Å². The maximum atomic E-state index is 5.42. The van der Waals surface area contributed by atoms with E-state index in [1.807, 2.05) is 37.3 Å². The highest BCUT2D eigenvalue weighted by Gasteiger charge is 2.13. The Hall–Kier alpha value is -2.27. The van der Waals surface area contributed by atoms with E-state index in [1.165, 1.54) is 5.56 Å². The second-order valence-corrected chi connectivity index (χ2v) is 6.03. The quantitative estimate of drug-likeness (QED) is 0.541. The molecular weight excluding hydrogens is 296 g/mol. The molecule has 0 spiro atoms. The number of ether oxygens (including phenoxy) is 2. The van der Waals surface area contributed by atoms with E-state index in [0.29, 0.717) is 6.79 Å². The van der Waals surface area contributed by atoms with Gasteiger partial charge in [0, 0.05) is 11.1 Å². The number of aromatic nitrogens is 2. The molecule has 0 fully saturated rings. The van der Waals surface area contributed by atoms with Gasteiger partial charge in [0.25, 0.3) is 0 Å². The van der Waals surface area contributed by atoms with Crippen LogP contribution in [0.4, 0.5) is 0 Å². The molecule has 0 atom stereocenters. The second-order valence-electron chi connectivity index (χ2n) is 5.07. The van der Waals surface area contributed by atoms with Crippen molar-refractivity contribution in [3.05, 3.63) is 53.9 Å². The van der Waals surface area contributed by atoms with Crippen molar-refractivity contribution in [3.63, 3.8) is 0 Å². The van der Waals surface area contributed by atoms with Crippen molar-refractivity contribution in [1.82, 2.24) is 9.97 Å². The standard InChI is InChI=1S/C17H14N2O2S/c1-11-18-14-5-3-2-4-13(14)17(19-11)22-9-12-6-7-15-16(8-12)21-10-20-15/h2-8H,9-10H2,1H3. The molecule has 0 saturated heterocycles. The fourth-order valence-corrected chi connectivity index (χ4v) is 3.46. The molecule has 0 amide bonds. The molecule has 0 unspecified atom stereocenters. The van der Waals surface area contributed by atoms with Crippen molar-refractivity contribution in [2.75, 3.05) is 6.79 Å². The van der Waals surface area contributed by atoms with Gasteiger partial charge in [-0.1, -0.05) is 24.3 Å². The summed E-state index contributed by atoms with van der Waals surface area (Å²) in [6.45, 7) is 2.23. The van der Waals surface area contributed by atoms with E-state index in [4.69, 9.17) is 9.47 Å². The first-order valence-corrected chi connectivity index (χ1v) is 8.03. The van der Waals surface area contributed by atoms with E-state index in [-0.39, 0.29) is 0 Å². The van der Waals surface area contributed by atoms with Gasteiger partial charge in [0.1, 0.15) is 10.9 Å². The molecule has 2 aromatic carbocycles. The predicted molar refractivity (Wildman–Crippen MR) is 86.4 cm³/mol. The lowest BCUT2D eigenvalue weighted by molar-refractivity contribution is 0.174. The minimum atomic E-state index is 0.307. The third-order valence-corrected chi connectivity index (χ3v) is 4.55. The topological polar surface area (TPSA) is 44.2 Å². The van der Waals surface area contributed by atoms with Crippen molar-refractivity contribution in [1.29, 1.82) is 0 Å². The minimum absolute atomic E-state index is 0.307. The Morgan fingerprint density at radius 3 is 2.86 bits per heavy atom. The monoisotopic (exact) mass is 310 g/mol. The Balaban J connectivity index is 1.61. The van der Waals surface area contributed by atoms with Crippen molar-refractivity contribution >= 4 is 22.7 Å². The van der Waals surface area contributed by atoms with Crippen LogP contribution in [0.2, 0.25) is 0 Å². The van der Waals surface area contributed by atoms with E-state index in [1.54, 1.807) is 11.8 Å². The van der Waals surface area contributed by atoms with E-state index >= 15 is 0 Å². The van der Waals surface area contributed by atoms with Crippen molar-refractivity contribution in [3.8, 4) is 11.5 Å². The second kappa shape index (κ2) is 5.50. The van der Waals surface area contributed by atoms with Gasteiger partial charge in [-0.3, -0.25) is 0 Å². The Bertz CT molecular complexity index is 851.